The molecule has 8 nitrogen and oxygen atoms in total. The molecule has 1 atom stereocenters. The molecule has 1 heterocycles. The molecule has 3 rings (SSSR count). The van der Waals surface area contributed by atoms with E-state index in [1.807, 2.05) is 24.3 Å². The van der Waals surface area contributed by atoms with Crippen molar-refractivity contribution in [2.24, 2.45) is 22.4 Å². The average molecular weight is 437 g/mol. The van der Waals surface area contributed by atoms with Crippen LogP contribution in [0.3, 0.4) is 0 Å². The summed E-state index contributed by atoms with van der Waals surface area (Å²) in [4.78, 5) is 15.6. The summed E-state index contributed by atoms with van der Waals surface area (Å²) in [5.41, 5.74) is 12.1. The summed E-state index contributed by atoms with van der Waals surface area (Å²) in [6.45, 7) is 0.435. The molecule has 0 bridgehead atoms. The summed E-state index contributed by atoms with van der Waals surface area (Å²) >= 11 is 3.44. The monoisotopic (exact) mass is 436 g/mol. The van der Waals surface area contributed by atoms with Crippen LogP contribution >= 0.6 is 15.9 Å². The van der Waals surface area contributed by atoms with Gasteiger partial charge in [0.05, 0.1) is 17.7 Å². The molecule has 1 fully saturated rings. The van der Waals surface area contributed by atoms with Gasteiger partial charge in [0.15, 0.2) is 11.6 Å². The maximum Gasteiger partial charge on any atom is 0.301 e. The van der Waals surface area contributed by atoms with Crippen molar-refractivity contribution in [3.8, 4) is 0 Å². The van der Waals surface area contributed by atoms with Crippen molar-refractivity contribution in [1.29, 1.82) is 0 Å². The van der Waals surface area contributed by atoms with Gasteiger partial charge in [0.1, 0.15) is 0 Å². The third-order valence-electron chi connectivity index (χ3n) is 5.15. The molecule has 0 saturated heterocycles. The molecule has 1 aromatic carbocycles. The number of nitro groups is 1. The maximum absolute atomic E-state index is 11.5. The molecule has 9 heteroatoms. The minimum absolute atomic E-state index is 0.0706. The fraction of sp³-hybridized carbons (Fsp3) is 0.500. The highest BCUT2D eigenvalue weighted by molar-refractivity contribution is 9.10. The summed E-state index contributed by atoms with van der Waals surface area (Å²) in [7, 11) is 0. The number of hydrogen-bond acceptors (Lipinski definition) is 5. The number of guanidine groups is 1. The third kappa shape index (κ3) is 5.06. The molecule has 6 N–H and O–H groups in total. The Kier molecular flexibility index (Phi) is 6.13. The second kappa shape index (κ2) is 8.37. The van der Waals surface area contributed by atoms with Gasteiger partial charge in [-0.15, -0.1) is 0 Å². The number of nitrogens with two attached hydrogens (primary N) is 2. The van der Waals surface area contributed by atoms with E-state index in [4.69, 9.17) is 11.5 Å². The summed E-state index contributed by atoms with van der Waals surface area (Å²) < 4.78 is 0.976. The molecule has 0 aromatic heterocycles. The smallest absolute Gasteiger partial charge is 0.301 e. The van der Waals surface area contributed by atoms with Crippen molar-refractivity contribution < 1.29 is 4.92 Å². The zero-order valence-corrected chi connectivity index (χ0v) is 16.6. The van der Waals surface area contributed by atoms with Crippen LogP contribution in [0.1, 0.15) is 37.7 Å². The lowest BCUT2D eigenvalue weighted by Crippen LogP contribution is -2.64. The molecule has 1 aliphatic carbocycles. The van der Waals surface area contributed by atoms with E-state index in [2.05, 4.69) is 31.6 Å². The van der Waals surface area contributed by atoms with Crippen molar-refractivity contribution in [2.45, 2.75) is 50.4 Å². The van der Waals surface area contributed by atoms with Gasteiger partial charge < -0.3 is 16.4 Å². The SMILES string of the molecule is NC1CCC(CC2(N)NC(=NCc3cccc(Br)c3)NC=C2[N+](=O)[O-])CC1. The van der Waals surface area contributed by atoms with Gasteiger partial charge >= 0.3 is 5.70 Å². The third-order valence-corrected chi connectivity index (χ3v) is 5.64. The fourth-order valence-corrected chi connectivity index (χ4v) is 4.13. The molecular formula is C18H25BrN6O2. The molecular weight excluding hydrogens is 412 g/mol. The minimum atomic E-state index is -1.25. The Bertz CT molecular complexity index is 760. The number of nitrogens with one attached hydrogen (secondary N) is 2. The number of halogens is 1. The number of nitrogens with zero attached hydrogens (tertiary/aromatic N) is 2. The molecule has 0 spiro atoms. The van der Waals surface area contributed by atoms with Crippen molar-refractivity contribution in [3.05, 3.63) is 56.3 Å². The standard InChI is InChI=1S/C18H25BrN6O2/c19-14-3-1-2-13(8-14)10-22-17-23-11-16(25(26)27)18(21,24-17)9-12-4-6-15(20)7-5-12/h1-3,8,11-12,15H,4-7,9-10,20-21H2,(H2,22,23,24). The van der Waals surface area contributed by atoms with E-state index >= 15 is 0 Å². The lowest BCUT2D eigenvalue weighted by Gasteiger charge is -2.37. The van der Waals surface area contributed by atoms with E-state index in [-0.39, 0.29) is 11.7 Å². The van der Waals surface area contributed by atoms with Crippen LogP contribution in [-0.4, -0.2) is 22.6 Å². The van der Waals surface area contributed by atoms with Gasteiger partial charge in [0, 0.05) is 10.5 Å². The van der Waals surface area contributed by atoms with Crippen LogP contribution in [0.15, 0.2) is 45.6 Å². The van der Waals surface area contributed by atoms with E-state index in [9.17, 15) is 10.1 Å². The normalized spacial score (nSPS) is 29.6. The fourth-order valence-electron chi connectivity index (χ4n) is 3.69. The summed E-state index contributed by atoms with van der Waals surface area (Å²) in [5.74, 6) is 0.741. The van der Waals surface area contributed by atoms with Gasteiger partial charge in [-0.25, -0.2) is 4.99 Å². The number of hydrogen-bond donors (Lipinski definition) is 4. The molecule has 27 heavy (non-hydrogen) atoms. The Morgan fingerprint density at radius 1 is 1.33 bits per heavy atom. The number of benzene rings is 1. The van der Waals surface area contributed by atoms with Crippen molar-refractivity contribution in [2.75, 3.05) is 0 Å². The second-order valence-electron chi connectivity index (χ2n) is 7.31. The quantitative estimate of drug-likeness (QED) is 0.413. The minimum Gasteiger partial charge on any atom is -0.329 e. The second-order valence-corrected chi connectivity index (χ2v) is 8.22. The molecule has 0 radical (unpaired) electrons. The lowest BCUT2D eigenvalue weighted by molar-refractivity contribution is -0.437. The van der Waals surface area contributed by atoms with Gasteiger partial charge in [-0.1, -0.05) is 28.1 Å². The highest BCUT2D eigenvalue weighted by Crippen LogP contribution is 2.32. The van der Waals surface area contributed by atoms with Crippen molar-refractivity contribution in [3.63, 3.8) is 0 Å². The first-order valence-electron chi connectivity index (χ1n) is 9.09. The Labute approximate surface area is 166 Å². The highest BCUT2D eigenvalue weighted by Gasteiger charge is 2.44. The Morgan fingerprint density at radius 2 is 2.07 bits per heavy atom. The topological polar surface area (TPSA) is 132 Å². The maximum atomic E-state index is 11.5. The van der Waals surface area contributed by atoms with E-state index in [0.717, 1.165) is 35.7 Å². The Hall–Kier alpha value is -1.97. The molecule has 146 valence electrons. The van der Waals surface area contributed by atoms with Crippen LogP contribution in [0.4, 0.5) is 0 Å². The van der Waals surface area contributed by atoms with E-state index < -0.39 is 10.6 Å². The Morgan fingerprint density at radius 3 is 2.74 bits per heavy atom. The van der Waals surface area contributed by atoms with Crippen molar-refractivity contribution in [1.82, 2.24) is 10.6 Å². The summed E-state index contributed by atoms with van der Waals surface area (Å²) in [6.07, 6.45) is 5.56. The zero-order valence-electron chi connectivity index (χ0n) is 15.0. The van der Waals surface area contributed by atoms with Gasteiger partial charge in [0.2, 0.25) is 0 Å². The van der Waals surface area contributed by atoms with Gasteiger partial charge in [-0.2, -0.15) is 0 Å². The van der Waals surface area contributed by atoms with Crippen LogP contribution in [0.25, 0.3) is 0 Å². The van der Waals surface area contributed by atoms with Crippen LogP contribution in [0.2, 0.25) is 0 Å². The van der Waals surface area contributed by atoms with Crippen LogP contribution in [-0.2, 0) is 6.54 Å². The molecule has 2 aliphatic rings. The molecule has 0 amide bonds. The average Bonchev–Trinajstić information content (AvgIpc) is 2.61. The number of rotatable bonds is 5. The van der Waals surface area contributed by atoms with E-state index in [1.54, 1.807) is 0 Å². The first-order valence-corrected chi connectivity index (χ1v) is 9.88. The summed E-state index contributed by atoms with van der Waals surface area (Å²) in [5, 5.41) is 17.4. The molecule has 1 unspecified atom stereocenters. The molecule has 1 aliphatic heterocycles. The zero-order chi connectivity index (χ0) is 19.4. The van der Waals surface area contributed by atoms with Gasteiger partial charge in [0.25, 0.3) is 0 Å². The van der Waals surface area contributed by atoms with E-state index in [0.29, 0.717) is 24.8 Å². The largest absolute Gasteiger partial charge is 0.329 e. The Balaban J connectivity index is 1.74. The first-order chi connectivity index (χ1) is 12.9. The van der Waals surface area contributed by atoms with Gasteiger partial charge in [-0.3, -0.25) is 15.8 Å². The van der Waals surface area contributed by atoms with Crippen LogP contribution in [0, 0.1) is 16.0 Å². The van der Waals surface area contributed by atoms with Crippen molar-refractivity contribution >= 4 is 21.9 Å². The van der Waals surface area contributed by atoms with Crippen LogP contribution in [0.5, 0.6) is 0 Å². The number of aliphatic imine (C=N–C) groups is 1. The van der Waals surface area contributed by atoms with Crippen LogP contribution < -0.4 is 22.1 Å². The predicted molar refractivity (Wildman–Crippen MR) is 108 cm³/mol. The summed E-state index contributed by atoms with van der Waals surface area (Å²) in [6, 6.07) is 8.06. The van der Waals surface area contributed by atoms with E-state index in [1.165, 1.54) is 6.20 Å². The lowest BCUT2D eigenvalue weighted by atomic mass is 9.80. The first kappa shape index (κ1) is 19.8. The highest BCUT2D eigenvalue weighted by atomic mass is 79.9. The predicted octanol–water partition coefficient (Wildman–Crippen LogP) is 2.18. The molecule has 1 saturated carbocycles. The van der Waals surface area contributed by atoms with Gasteiger partial charge in [-0.05, 0) is 55.7 Å². The molecule has 1 aromatic rings.